The van der Waals surface area contributed by atoms with Crippen LogP contribution in [0, 0.1) is 5.92 Å². The van der Waals surface area contributed by atoms with E-state index in [1.807, 2.05) is 35.2 Å². The Morgan fingerprint density at radius 3 is 3.10 bits per heavy atom. The van der Waals surface area contributed by atoms with E-state index in [0.29, 0.717) is 25.1 Å². The van der Waals surface area contributed by atoms with Crippen LogP contribution in [0.3, 0.4) is 0 Å². The van der Waals surface area contributed by atoms with Crippen molar-refractivity contribution in [3.8, 4) is 0 Å². The van der Waals surface area contributed by atoms with Gasteiger partial charge in [-0.25, -0.2) is 0 Å². The summed E-state index contributed by atoms with van der Waals surface area (Å²) in [5.74, 6) is 0.232. The molecular weight excluding hydrogens is 264 g/mol. The zero-order chi connectivity index (χ0) is 14.8. The molecule has 1 aromatic heterocycles. The Morgan fingerprint density at radius 1 is 1.43 bits per heavy atom. The number of carbonyl (C=O) groups is 1. The van der Waals surface area contributed by atoms with Crippen LogP contribution in [0.4, 0.5) is 0 Å². The highest BCUT2D eigenvalue weighted by atomic mass is 16.3. The summed E-state index contributed by atoms with van der Waals surface area (Å²) in [6.45, 7) is 3.33. The molecule has 2 unspecified atom stereocenters. The molecule has 1 amide bonds. The van der Waals surface area contributed by atoms with Crippen LogP contribution < -0.4 is 0 Å². The molecule has 1 fully saturated rings. The number of benzene rings is 1. The van der Waals surface area contributed by atoms with Crippen molar-refractivity contribution in [1.82, 2.24) is 9.88 Å². The Morgan fingerprint density at radius 2 is 2.29 bits per heavy atom. The number of hydrogen-bond acceptors (Lipinski definition) is 3. The van der Waals surface area contributed by atoms with Crippen molar-refractivity contribution in [2.75, 3.05) is 13.1 Å². The number of nitrogens with zero attached hydrogens (tertiary/aromatic N) is 2. The van der Waals surface area contributed by atoms with Gasteiger partial charge in [0.2, 0.25) is 0 Å². The summed E-state index contributed by atoms with van der Waals surface area (Å²) in [5.41, 5.74) is 1.59. The second-order valence-electron chi connectivity index (χ2n) is 5.69. The molecule has 2 heterocycles. The standard InChI is InChI=1S/C17H20N2O2/c1-2-12-11-19(9-7-16(12)20)17(21)14-5-6-15-13(10-14)4-3-8-18-15/h3-6,8,10,12,16,20H,2,7,9,11H2,1H3. The monoisotopic (exact) mass is 284 g/mol. The van der Waals surface area contributed by atoms with Gasteiger partial charge in [-0.2, -0.15) is 0 Å². The molecule has 0 saturated carbocycles. The second kappa shape index (κ2) is 5.82. The molecule has 3 rings (SSSR count). The highest BCUT2D eigenvalue weighted by molar-refractivity contribution is 5.98. The van der Waals surface area contributed by atoms with Crippen LogP contribution in [0.15, 0.2) is 36.5 Å². The molecule has 1 aliphatic rings. The lowest BCUT2D eigenvalue weighted by molar-refractivity contribution is 0.0229. The minimum absolute atomic E-state index is 0.0473. The lowest BCUT2D eigenvalue weighted by atomic mass is 9.92. The maximum absolute atomic E-state index is 12.6. The Hall–Kier alpha value is -1.94. The van der Waals surface area contributed by atoms with Crippen LogP contribution >= 0.6 is 0 Å². The average molecular weight is 284 g/mol. The first-order valence-corrected chi connectivity index (χ1v) is 7.51. The number of carbonyl (C=O) groups excluding carboxylic acids is 1. The van der Waals surface area contributed by atoms with Gasteiger partial charge in [0, 0.05) is 36.2 Å². The third kappa shape index (κ3) is 2.76. The summed E-state index contributed by atoms with van der Waals surface area (Å²) in [7, 11) is 0. The van der Waals surface area contributed by atoms with Gasteiger partial charge in [-0.1, -0.05) is 13.0 Å². The van der Waals surface area contributed by atoms with Gasteiger partial charge in [0.25, 0.3) is 5.91 Å². The summed E-state index contributed by atoms with van der Waals surface area (Å²) in [6.07, 6.45) is 3.04. The van der Waals surface area contributed by atoms with E-state index in [9.17, 15) is 9.90 Å². The van der Waals surface area contributed by atoms with Gasteiger partial charge in [0.15, 0.2) is 0 Å². The number of hydrogen-bond donors (Lipinski definition) is 1. The van der Waals surface area contributed by atoms with Crippen LogP contribution in [0.2, 0.25) is 0 Å². The van der Waals surface area contributed by atoms with Crippen molar-refractivity contribution in [2.24, 2.45) is 5.92 Å². The quantitative estimate of drug-likeness (QED) is 0.921. The summed E-state index contributed by atoms with van der Waals surface area (Å²) in [4.78, 5) is 18.8. The van der Waals surface area contributed by atoms with Crippen molar-refractivity contribution in [2.45, 2.75) is 25.9 Å². The molecule has 1 aromatic carbocycles. The van der Waals surface area contributed by atoms with E-state index >= 15 is 0 Å². The molecule has 0 bridgehead atoms. The predicted octanol–water partition coefficient (Wildman–Crippen LogP) is 2.47. The van der Waals surface area contributed by atoms with Crippen molar-refractivity contribution in [3.05, 3.63) is 42.1 Å². The number of likely N-dealkylation sites (tertiary alicyclic amines) is 1. The lowest BCUT2D eigenvalue weighted by Gasteiger charge is -2.35. The highest BCUT2D eigenvalue weighted by Crippen LogP contribution is 2.22. The van der Waals surface area contributed by atoms with Crippen LogP contribution in [0.25, 0.3) is 10.9 Å². The minimum Gasteiger partial charge on any atom is -0.393 e. The normalized spacial score (nSPS) is 22.5. The molecule has 0 radical (unpaired) electrons. The topological polar surface area (TPSA) is 53.4 Å². The molecule has 1 aliphatic heterocycles. The predicted molar refractivity (Wildman–Crippen MR) is 82.1 cm³/mol. The number of aliphatic hydroxyl groups is 1. The van der Waals surface area contributed by atoms with Crippen molar-refractivity contribution >= 4 is 16.8 Å². The zero-order valence-electron chi connectivity index (χ0n) is 12.2. The Balaban J connectivity index is 1.83. The number of rotatable bonds is 2. The number of aromatic nitrogens is 1. The lowest BCUT2D eigenvalue weighted by Crippen LogP contribution is -2.45. The first kappa shape index (κ1) is 14.0. The molecule has 21 heavy (non-hydrogen) atoms. The molecule has 0 spiro atoms. The van der Waals surface area contributed by atoms with Crippen LogP contribution in [-0.2, 0) is 0 Å². The smallest absolute Gasteiger partial charge is 0.253 e. The Bertz CT molecular complexity index is 656. The number of piperidine rings is 1. The van der Waals surface area contributed by atoms with Crippen LogP contribution in [0.1, 0.15) is 30.1 Å². The SMILES string of the molecule is CCC1CN(C(=O)c2ccc3ncccc3c2)CCC1O. The molecular formula is C17H20N2O2. The summed E-state index contributed by atoms with van der Waals surface area (Å²) in [5, 5.41) is 10.9. The fraction of sp³-hybridized carbons (Fsp3) is 0.412. The van der Waals surface area contributed by atoms with Crippen molar-refractivity contribution in [3.63, 3.8) is 0 Å². The van der Waals surface area contributed by atoms with Gasteiger partial charge in [0.1, 0.15) is 0 Å². The third-order valence-electron chi connectivity index (χ3n) is 4.36. The highest BCUT2D eigenvalue weighted by Gasteiger charge is 2.29. The maximum atomic E-state index is 12.6. The third-order valence-corrected chi connectivity index (χ3v) is 4.36. The number of pyridine rings is 1. The van der Waals surface area contributed by atoms with E-state index in [1.165, 1.54) is 0 Å². The first-order chi connectivity index (χ1) is 10.2. The summed E-state index contributed by atoms with van der Waals surface area (Å²) >= 11 is 0. The van der Waals surface area contributed by atoms with E-state index in [4.69, 9.17) is 0 Å². The summed E-state index contributed by atoms with van der Waals surface area (Å²) < 4.78 is 0. The van der Waals surface area contributed by atoms with Gasteiger partial charge >= 0.3 is 0 Å². The van der Waals surface area contributed by atoms with E-state index in [-0.39, 0.29) is 17.9 Å². The van der Waals surface area contributed by atoms with E-state index in [2.05, 4.69) is 11.9 Å². The maximum Gasteiger partial charge on any atom is 0.253 e. The van der Waals surface area contributed by atoms with Gasteiger partial charge < -0.3 is 10.0 Å². The molecule has 4 nitrogen and oxygen atoms in total. The van der Waals surface area contributed by atoms with Gasteiger partial charge in [-0.15, -0.1) is 0 Å². The second-order valence-corrected chi connectivity index (χ2v) is 5.69. The van der Waals surface area contributed by atoms with Crippen LogP contribution in [-0.4, -0.2) is 40.1 Å². The van der Waals surface area contributed by atoms with E-state index in [1.54, 1.807) is 6.20 Å². The Kier molecular flexibility index (Phi) is 3.88. The van der Waals surface area contributed by atoms with Crippen molar-refractivity contribution < 1.29 is 9.90 Å². The number of aliphatic hydroxyl groups excluding tert-OH is 1. The van der Waals surface area contributed by atoms with E-state index < -0.39 is 0 Å². The molecule has 4 heteroatoms. The average Bonchev–Trinajstić information content (AvgIpc) is 2.54. The largest absolute Gasteiger partial charge is 0.393 e. The minimum atomic E-state index is -0.278. The molecule has 1 saturated heterocycles. The van der Waals surface area contributed by atoms with Crippen molar-refractivity contribution in [1.29, 1.82) is 0 Å². The molecule has 2 atom stereocenters. The molecule has 2 aromatic rings. The van der Waals surface area contributed by atoms with Gasteiger partial charge in [-0.3, -0.25) is 9.78 Å². The zero-order valence-corrected chi connectivity index (χ0v) is 12.2. The van der Waals surface area contributed by atoms with Gasteiger partial charge in [0.05, 0.1) is 11.6 Å². The molecule has 0 aliphatic carbocycles. The molecule has 110 valence electrons. The number of fused-ring (bicyclic) bond motifs is 1. The van der Waals surface area contributed by atoms with Crippen LogP contribution in [0.5, 0.6) is 0 Å². The first-order valence-electron chi connectivity index (χ1n) is 7.51. The summed E-state index contributed by atoms with van der Waals surface area (Å²) in [6, 6.07) is 9.47. The fourth-order valence-electron chi connectivity index (χ4n) is 3.00. The fourth-order valence-corrected chi connectivity index (χ4v) is 3.00. The van der Waals surface area contributed by atoms with Gasteiger partial charge in [-0.05, 0) is 37.1 Å². The molecule has 1 N–H and O–H groups in total. The number of amides is 1. The Labute approximate surface area is 124 Å². The van der Waals surface area contributed by atoms with E-state index in [0.717, 1.165) is 17.3 Å².